The van der Waals surface area contributed by atoms with Crippen LogP contribution in [0.3, 0.4) is 0 Å². The van der Waals surface area contributed by atoms with Crippen molar-refractivity contribution >= 4 is 56.4 Å². The molecule has 1 aliphatic heterocycles. The predicted octanol–water partition coefficient (Wildman–Crippen LogP) is 4.82. The smallest absolute Gasteiger partial charge is 0.410 e. The summed E-state index contributed by atoms with van der Waals surface area (Å²) in [5.74, 6) is 0.617. The summed E-state index contributed by atoms with van der Waals surface area (Å²) in [5.41, 5.74) is 2.29. The number of fused-ring (bicyclic) bond motifs is 1. The summed E-state index contributed by atoms with van der Waals surface area (Å²) in [6.07, 6.45) is 4.33. The molecule has 1 saturated heterocycles. The SMILES string of the molecule is COc1cnc(Cl)cc1-c1cc(C)ncc1C(=O)Nc1nc2cnc(N3CCN(C(=O)OC(C)(C)C)CC3)nc2s1. The molecule has 12 nitrogen and oxygen atoms in total. The van der Waals surface area contributed by atoms with Gasteiger partial charge in [-0.1, -0.05) is 22.9 Å². The first-order valence-electron chi connectivity index (χ1n) is 12.8. The number of hydrogen-bond acceptors (Lipinski definition) is 11. The Morgan fingerprint density at radius 3 is 2.46 bits per heavy atom. The molecule has 0 spiro atoms. The minimum Gasteiger partial charge on any atom is -0.494 e. The van der Waals surface area contributed by atoms with Crippen molar-refractivity contribution in [3.8, 4) is 16.9 Å². The summed E-state index contributed by atoms with van der Waals surface area (Å²) in [6.45, 7) is 9.52. The van der Waals surface area contributed by atoms with E-state index in [2.05, 4.69) is 30.2 Å². The van der Waals surface area contributed by atoms with Crippen LogP contribution in [-0.4, -0.2) is 80.7 Å². The third kappa shape index (κ3) is 6.46. The number of nitrogens with zero attached hydrogens (tertiary/aromatic N) is 7. The fourth-order valence-corrected chi connectivity index (χ4v) is 5.23. The number of ether oxygens (including phenoxy) is 2. The van der Waals surface area contributed by atoms with Crippen LogP contribution in [0.1, 0.15) is 36.8 Å². The van der Waals surface area contributed by atoms with Gasteiger partial charge in [-0.25, -0.2) is 19.7 Å². The third-order valence-electron chi connectivity index (χ3n) is 6.20. The molecule has 4 aromatic heterocycles. The van der Waals surface area contributed by atoms with Crippen molar-refractivity contribution in [2.45, 2.75) is 33.3 Å². The molecule has 0 atom stereocenters. The first-order valence-corrected chi connectivity index (χ1v) is 14.0. The number of pyridine rings is 2. The fourth-order valence-electron chi connectivity index (χ4n) is 4.27. The van der Waals surface area contributed by atoms with Crippen LogP contribution in [-0.2, 0) is 4.74 Å². The quantitative estimate of drug-likeness (QED) is 0.319. The minimum atomic E-state index is -0.543. The van der Waals surface area contributed by atoms with Gasteiger partial charge in [-0.05, 0) is 39.8 Å². The van der Waals surface area contributed by atoms with Crippen molar-refractivity contribution in [2.24, 2.45) is 0 Å². The number of hydrogen-bond donors (Lipinski definition) is 1. The third-order valence-corrected chi connectivity index (χ3v) is 7.29. The maximum Gasteiger partial charge on any atom is 0.410 e. The number of carbonyl (C=O) groups is 2. The summed E-state index contributed by atoms with van der Waals surface area (Å²) in [7, 11) is 1.53. The van der Waals surface area contributed by atoms with E-state index < -0.39 is 11.5 Å². The van der Waals surface area contributed by atoms with Gasteiger partial charge in [0.15, 0.2) is 9.96 Å². The lowest BCUT2D eigenvalue weighted by Gasteiger charge is -2.35. The van der Waals surface area contributed by atoms with E-state index in [0.29, 0.717) is 70.0 Å². The van der Waals surface area contributed by atoms with Gasteiger partial charge in [0, 0.05) is 49.2 Å². The van der Waals surface area contributed by atoms with Crippen molar-refractivity contribution in [2.75, 3.05) is 43.5 Å². The molecule has 0 unspecified atom stereocenters. The molecule has 0 radical (unpaired) electrons. The Bertz CT molecular complexity index is 1610. The zero-order valence-electron chi connectivity index (χ0n) is 23.3. The number of anilines is 2. The number of methoxy groups -OCH3 is 1. The van der Waals surface area contributed by atoms with Crippen LogP contribution >= 0.6 is 22.9 Å². The second kappa shape index (κ2) is 11.4. The monoisotopic (exact) mass is 596 g/mol. The molecule has 41 heavy (non-hydrogen) atoms. The van der Waals surface area contributed by atoms with Gasteiger partial charge in [0.2, 0.25) is 5.95 Å². The highest BCUT2D eigenvalue weighted by Gasteiger charge is 2.27. The zero-order valence-corrected chi connectivity index (χ0v) is 24.8. The number of rotatable bonds is 5. The first kappa shape index (κ1) is 28.4. The van der Waals surface area contributed by atoms with Gasteiger partial charge in [0.1, 0.15) is 22.0 Å². The molecular formula is C27H29ClN8O4S. The molecule has 4 aromatic rings. The number of thiazole rings is 1. The molecule has 214 valence electrons. The number of aryl methyl sites for hydroxylation is 1. The normalized spacial score (nSPS) is 13.8. The summed E-state index contributed by atoms with van der Waals surface area (Å²) in [4.78, 5) is 52.1. The molecular weight excluding hydrogens is 568 g/mol. The largest absolute Gasteiger partial charge is 0.494 e. The van der Waals surface area contributed by atoms with E-state index in [1.165, 1.54) is 30.8 Å². The van der Waals surface area contributed by atoms with Crippen molar-refractivity contribution in [1.82, 2.24) is 29.8 Å². The van der Waals surface area contributed by atoms with Crippen LogP contribution in [0, 0.1) is 6.92 Å². The second-order valence-electron chi connectivity index (χ2n) is 10.4. The predicted molar refractivity (Wildman–Crippen MR) is 157 cm³/mol. The molecule has 5 rings (SSSR count). The Balaban J connectivity index is 1.32. The zero-order chi connectivity index (χ0) is 29.3. The standard InChI is InChI=1S/C27H29ClN8O4S/c1-15-10-16(17-11-21(28)30-14-20(17)39-5)18(12-29-15)22(37)33-25-32-19-13-31-24(34-23(19)41-25)35-6-8-36(9-7-35)26(38)40-27(2,3)4/h10-14H,6-9H2,1-5H3,(H,32,33,37). The van der Waals surface area contributed by atoms with Crippen LogP contribution in [0.15, 0.2) is 30.7 Å². The van der Waals surface area contributed by atoms with Gasteiger partial charge in [-0.3, -0.25) is 15.1 Å². The molecule has 0 aliphatic carbocycles. The van der Waals surface area contributed by atoms with Crippen LogP contribution in [0.25, 0.3) is 21.5 Å². The molecule has 1 aliphatic rings. The number of piperazine rings is 1. The fraction of sp³-hybridized carbons (Fsp3) is 0.370. The lowest BCUT2D eigenvalue weighted by molar-refractivity contribution is 0.0240. The maximum atomic E-state index is 13.4. The highest BCUT2D eigenvalue weighted by atomic mass is 35.5. The van der Waals surface area contributed by atoms with E-state index in [-0.39, 0.29) is 11.2 Å². The van der Waals surface area contributed by atoms with E-state index in [4.69, 9.17) is 21.1 Å². The van der Waals surface area contributed by atoms with E-state index in [9.17, 15) is 9.59 Å². The Labute approximate surface area is 245 Å². The highest BCUT2D eigenvalue weighted by Crippen LogP contribution is 2.34. The Hall–Kier alpha value is -4.10. The number of halogens is 1. The lowest BCUT2D eigenvalue weighted by atomic mass is 10.0. The summed E-state index contributed by atoms with van der Waals surface area (Å²) < 4.78 is 10.9. The van der Waals surface area contributed by atoms with Crippen molar-refractivity contribution in [3.63, 3.8) is 0 Å². The van der Waals surface area contributed by atoms with Crippen LogP contribution in [0.4, 0.5) is 15.9 Å². The lowest BCUT2D eigenvalue weighted by Crippen LogP contribution is -2.50. The number of carbonyl (C=O) groups excluding carboxylic acids is 2. The van der Waals surface area contributed by atoms with Gasteiger partial charge in [-0.2, -0.15) is 4.98 Å². The van der Waals surface area contributed by atoms with Gasteiger partial charge < -0.3 is 19.3 Å². The highest BCUT2D eigenvalue weighted by molar-refractivity contribution is 7.22. The Morgan fingerprint density at radius 1 is 1.00 bits per heavy atom. The van der Waals surface area contributed by atoms with Crippen LogP contribution in [0.2, 0.25) is 5.15 Å². The summed E-state index contributed by atoms with van der Waals surface area (Å²) in [6, 6.07) is 3.44. The molecule has 0 saturated carbocycles. The first-order chi connectivity index (χ1) is 19.5. The molecule has 5 heterocycles. The Kier molecular flexibility index (Phi) is 7.91. The van der Waals surface area contributed by atoms with Gasteiger partial charge >= 0.3 is 6.09 Å². The molecule has 0 bridgehead atoms. The number of nitrogens with one attached hydrogen (secondary N) is 1. The maximum absolute atomic E-state index is 13.4. The van der Waals surface area contributed by atoms with E-state index in [0.717, 1.165) is 5.69 Å². The minimum absolute atomic E-state index is 0.272. The van der Waals surface area contributed by atoms with E-state index >= 15 is 0 Å². The van der Waals surface area contributed by atoms with E-state index in [1.807, 2.05) is 32.6 Å². The van der Waals surface area contributed by atoms with Gasteiger partial charge in [0.05, 0.1) is 25.1 Å². The van der Waals surface area contributed by atoms with Crippen molar-refractivity contribution in [1.29, 1.82) is 0 Å². The molecule has 14 heteroatoms. The van der Waals surface area contributed by atoms with Crippen LogP contribution < -0.4 is 15.0 Å². The van der Waals surface area contributed by atoms with E-state index in [1.54, 1.807) is 23.2 Å². The molecule has 1 N–H and O–H groups in total. The molecule has 1 fully saturated rings. The van der Waals surface area contributed by atoms with Crippen molar-refractivity contribution < 1.29 is 19.1 Å². The van der Waals surface area contributed by atoms with Gasteiger partial charge in [0.25, 0.3) is 5.91 Å². The number of amides is 2. The summed E-state index contributed by atoms with van der Waals surface area (Å²) >= 11 is 7.40. The Morgan fingerprint density at radius 2 is 1.76 bits per heavy atom. The summed E-state index contributed by atoms with van der Waals surface area (Å²) in [5, 5.41) is 3.51. The number of aromatic nitrogens is 5. The average molecular weight is 597 g/mol. The molecule has 0 aromatic carbocycles. The topological polar surface area (TPSA) is 136 Å². The van der Waals surface area contributed by atoms with Gasteiger partial charge in [-0.15, -0.1) is 0 Å². The molecule has 2 amide bonds. The second-order valence-corrected chi connectivity index (χ2v) is 11.7. The average Bonchev–Trinajstić information content (AvgIpc) is 3.33. The van der Waals surface area contributed by atoms with Crippen molar-refractivity contribution in [3.05, 3.63) is 47.1 Å². The van der Waals surface area contributed by atoms with Crippen LogP contribution in [0.5, 0.6) is 5.75 Å².